The number of hydrazine groups is 1. The molecule has 2 rings (SSSR count). The molecule has 21 heavy (non-hydrogen) atoms. The average Bonchev–Trinajstić information content (AvgIpc) is 2.89. The Kier molecular flexibility index (Phi) is 4.05. The van der Waals surface area contributed by atoms with Crippen molar-refractivity contribution in [3.8, 4) is 0 Å². The lowest BCUT2D eigenvalue weighted by Crippen LogP contribution is -2.63. The minimum Gasteiger partial charge on any atom is -0.367 e. The number of hydrogen-bond donors (Lipinski definition) is 6. The van der Waals surface area contributed by atoms with Crippen LogP contribution in [0.25, 0.3) is 0 Å². The van der Waals surface area contributed by atoms with Crippen LogP contribution in [-0.2, 0) is 11.3 Å². The van der Waals surface area contributed by atoms with E-state index in [1.807, 2.05) is 0 Å². The summed E-state index contributed by atoms with van der Waals surface area (Å²) in [6, 6.07) is 3.58. The van der Waals surface area contributed by atoms with Crippen molar-refractivity contribution in [2.75, 3.05) is 5.32 Å². The van der Waals surface area contributed by atoms with Crippen molar-refractivity contribution in [2.45, 2.75) is 12.2 Å². The molecule has 0 bridgehead atoms. The largest absolute Gasteiger partial charge is 0.367 e. The fraction of sp³-hybridized carbons (Fsp3) is 0.167. The van der Waals surface area contributed by atoms with Gasteiger partial charge in [0, 0.05) is 18.3 Å². The van der Waals surface area contributed by atoms with Crippen molar-refractivity contribution >= 4 is 17.6 Å². The number of anilines is 1. The maximum absolute atomic E-state index is 14.2. The summed E-state index contributed by atoms with van der Waals surface area (Å²) in [6.45, 7) is 0.00206. The van der Waals surface area contributed by atoms with Crippen molar-refractivity contribution < 1.29 is 14.0 Å². The molecule has 3 amide bonds. The number of halogens is 1. The van der Waals surface area contributed by atoms with Crippen molar-refractivity contribution in [1.82, 2.24) is 16.2 Å². The molecule has 8 N–H and O–H groups in total. The van der Waals surface area contributed by atoms with Crippen molar-refractivity contribution in [2.24, 2.45) is 11.5 Å². The van der Waals surface area contributed by atoms with Gasteiger partial charge < -0.3 is 22.2 Å². The summed E-state index contributed by atoms with van der Waals surface area (Å²) in [7, 11) is 0. The van der Waals surface area contributed by atoms with Gasteiger partial charge in [0.2, 0.25) is 0 Å². The number of carbonyl (C=O) groups excluding carboxylic acids is 2. The summed E-state index contributed by atoms with van der Waals surface area (Å²) in [6.07, 6.45) is 2.98. The molecule has 112 valence electrons. The molecule has 1 aromatic rings. The number of nitrogens with two attached hydrogens (primary N) is 2. The van der Waals surface area contributed by atoms with Gasteiger partial charge in [-0.05, 0) is 12.1 Å². The first-order valence-corrected chi connectivity index (χ1v) is 6.04. The number of amides is 3. The molecule has 0 radical (unpaired) electrons. The summed E-state index contributed by atoms with van der Waals surface area (Å²) < 4.78 is 14.2. The molecule has 0 aromatic heterocycles. The smallest absolute Gasteiger partial charge is 0.316 e. The number of hydrogen-bond acceptors (Lipinski definition) is 5. The van der Waals surface area contributed by atoms with Crippen LogP contribution in [-0.4, -0.2) is 17.6 Å². The molecule has 1 aromatic carbocycles. The van der Waals surface area contributed by atoms with Gasteiger partial charge in [-0.15, -0.1) is 0 Å². The number of benzene rings is 1. The average molecular weight is 294 g/mol. The molecule has 9 heteroatoms. The predicted octanol–water partition coefficient (Wildman–Crippen LogP) is -0.791. The Morgan fingerprint density at radius 2 is 2.10 bits per heavy atom. The molecular formula is C12H15FN6O2. The van der Waals surface area contributed by atoms with E-state index in [-0.39, 0.29) is 17.8 Å². The van der Waals surface area contributed by atoms with Gasteiger partial charge in [0.25, 0.3) is 5.91 Å². The van der Waals surface area contributed by atoms with E-state index in [0.717, 1.165) is 0 Å². The highest BCUT2D eigenvalue weighted by Gasteiger charge is 2.35. The first kappa shape index (κ1) is 14.8. The second-order valence-corrected chi connectivity index (χ2v) is 4.40. The number of primary amides is 2. The van der Waals surface area contributed by atoms with Crippen LogP contribution in [0.5, 0.6) is 0 Å². The minimum absolute atomic E-state index is 0.00206. The van der Waals surface area contributed by atoms with E-state index >= 15 is 0 Å². The predicted molar refractivity (Wildman–Crippen MR) is 73.8 cm³/mol. The number of rotatable bonds is 5. The highest BCUT2D eigenvalue weighted by Crippen LogP contribution is 2.18. The Morgan fingerprint density at radius 3 is 2.67 bits per heavy atom. The SMILES string of the molecule is NC(=O)Nc1cccc(CNC2(C(N)=O)C=CNN2)c1F. The normalized spacial score (nSPS) is 20.0. The van der Waals surface area contributed by atoms with Crippen LogP contribution >= 0.6 is 0 Å². The van der Waals surface area contributed by atoms with Gasteiger partial charge in [-0.2, -0.15) is 0 Å². The Morgan fingerprint density at radius 1 is 1.33 bits per heavy atom. The Labute approximate surface area is 119 Å². The monoisotopic (exact) mass is 294 g/mol. The van der Waals surface area contributed by atoms with Crippen LogP contribution in [0.3, 0.4) is 0 Å². The zero-order valence-electron chi connectivity index (χ0n) is 10.9. The molecule has 0 saturated heterocycles. The molecule has 0 spiro atoms. The fourth-order valence-electron chi connectivity index (χ4n) is 1.88. The summed E-state index contributed by atoms with van der Waals surface area (Å²) in [5.41, 5.74) is 14.4. The van der Waals surface area contributed by atoms with Gasteiger partial charge in [-0.1, -0.05) is 12.1 Å². The van der Waals surface area contributed by atoms with E-state index < -0.39 is 23.4 Å². The zero-order valence-corrected chi connectivity index (χ0v) is 10.9. The number of carbonyl (C=O) groups is 2. The summed E-state index contributed by atoms with van der Waals surface area (Å²) in [4.78, 5) is 22.3. The molecule has 0 aliphatic carbocycles. The third-order valence-corrected chi connectivity index (χ3v) is 2.97. The van der Waals surface area contributed by atoms with Crippen LogP contribution in [0.4, 0.5) is 14.9 Å². The summed E-state index contributed by atoms with van der Waals surface area (Å²) in [5, 5.41) is 4.99. The van der Waals surface area contributed by atoms with Gasteiger partial charge in [0.05, 0.1) is 5.69 Å². The lowest BCUT2D eigenvalue weighted by Gasteiger charge is -2.25. The summed E-state index contributed by atoms with van der Waals surface area (Å²) in [5.74, 6) is -1.31. The minimum atomic E-state index is -1.31. The van der Waals surface area contributed by atoms with E-state index in [1.54, 1.807) is 6.07 Å². The molecule has 1 aliphatic heterocycles. The first-order chi connectivity index (χ1) is 9.94. The van der Waals surface area contributed by atoms with Gasteiger partial charge in [0.1, 0.15) is 0 Å². The standard InChI is InChI=1S/C12H15FN6O2/c13-9-7(2-1-3-8(9)18-11(15)21)6-16-12(10(14)20)4-5-17-19-12/h1-5,16-17,19H,6H2,(H2,14,20)(H3,15,18,21). The van der Waals surface area contributed by atoms with E-state index in [9.17, 15) is 14.0 Å². The molecule has 1 unspecified atom stereocenters. The zero-order chi connectivity index (χ0) is 15.5. The highest BCUT2D eigenvalue weighted by molar-refractivity contribution is 5.88. The molecule has 0 saturated carbocycles. The number of nitrogens with one attached hydrogen (secondary N) is 4. The van der Waals surface area contributed by atoms with Crippen molar-refractivity contribution in [3.05, 3.63) is 41.9 Å². The summed E-state index contributed by atoms with van der Waals surface area (Å²) >= 11 is 0. The van der Waals surface area contributed by atoms with Crippen molar-refractivity contribution in [1.29, 1.82) is 0 Å². The second kappa shape index (κ2) is 5.77. The van der Waals surface area contributed by atoms with E-state index in [4.69, 9.17) is 11.5 Å². The van der Waals surface area contributed by atoms with Gasteiger partial charge in [-0.25, -0.2) is 14.6 Å². The van der Waals surface area contributed by atoms with E-state index in [0.29, 0.717) is 0 Å². The van der Waals surface area contributed by atoms with Crippen LogP contribution in [0.2, 0.25) is 0 Å². The highest BCUT2D eigenvalue weighted by atomic mass is 19.1. The Balaban J connectivity index is 2.15. The van der Waals surface area contributed by atoms with E-state index in [1.165, 1.54) is 24.4 Å². The number of urea groups is 1. The van der Waals surface area contributed by atoms with Crippen LogP contribution in [0.15, 0.2) is 30.5 Å². The molecular weight excluding hydrogens is 279 g/mol. The topological polar surface area (TPSA) is 134 Å². The molecule has 0 fully saturated rings. The van der Waals surface area contributed by atoms with E-state index in [2.05, 4.69) is 21.5 Å². The third kappa shape index (κ3) is 3.09. The fourth-order valence-corrected chi connectivity index (χ4v) is 1.88. The molecule has 1 heterocycles. The maximum atomic E-state index is 14.2. The molecule has 1 atom stereocenters. The lowest BCUT2D eigenvalue weighted by atomic mass is 10.1. The van der Waals surface area contributed by atoms with Gasteiger partial charge >= 0.3 is 6.03 Å². The van der Waals surface area contributed by atoms with Crippen LogP contribution < -0.4 is 33.0 Å². The van der Waals surface area contributed by atoms with Crippen LogP contribution in [0, 0.1) is 5.82 Å². The molecule has 1 aliphatic rings. The van der Waals surface area contributed by atoms with Crippen molar-refractivity contribution in [3.63, 3.8) is 0 Å². The van der Waals surface area contributed by atoms with Gasteiger partial charge in [-0.3, -0.25) is 10.1 Å². The lowest BCUT2D eigenvalue weighted by molar-refractivity contribution is -0.123. The second-order valence-electron chi connectivity index (χ2n) is 4.40. The van der Waals surface area contributed by atoms with Gasteiger partial charge in [0.15, 0.2) is 11.5 Å². The molecule has 8 nitrogen and oxygen atoms in total. The Hall–Kier alpha value is -2.65. The third-order valence-electron chi connectivity index (χ3n) is 2.97. The Bertz CT molecular complexity index is 605. The first-order valence-electron chi connectivity index (χ1n) is 6.04. The maximum Gasteiger partial charge on any atom is 0.316 e. The quantitative estimate of drug-likeness (QED) is 0.423. The van der Waals surface area contributed by atoms with Crippen LogP contribution in [0.1, 0.15) is 5.56 Å².